The number of rotatable bonds is 11. The van der Waals surface area contributed by atoms with E-state index in [1.54, 1.807) is 62.6 Å². The zero-order valence-corrected chi connectivity index (χ0v) is 25.3. The molecule has 0 heterocycles. The lowest BCUT2D eigenvalue weighted by molar-refractivity contribution is -0.139. The number of sulfonamides is 1. The molecule has 8 nitrogen and oxygen atoms in total. The summed E-state index contributed by atoms with van der Waals surface area (Å²) in [6.45, 7) is 1.12. The molecule has 0 spiro atoms. The Balaban J connectivity index is 1.70. The van der Waals surface area contributed by atoms with E-state index in [1.165, 1.54) is 29.2 Å². The van der Waals surface area contributed by atoms with Crippen LogP contribution < -0.4 is 14.4 Å². The highest BCUT2D eigenvalue weighted by molar-refractivity contribution is 7.92. The quantitative estimate of drug-likeness (QED) is 0.299. The minimum Gasteiger partial charge on any atom is -0.497 e. The first-order valence-electron chi connectivity index (χ1n) is 13.4. The Kier molecular flexibility index (Phi) is 10.2. The Hall–Kier alpha value is -3.27. The van der Waals surface area contributed by atoms with Gasteiger partial charge in [0.25, 0.3) is 10.0 Å². The van der Waals surface area contributed by atoms with Crippen LogP contribution in [0, 0.1) is 0 Å². The summed E-state index contributed by atoms with van der Waals surface area (Å²) in [6.07, 6.45) is 3.86. The molecule has 0 aliphatic heterocycles. The first-order valence-corrected chi connectivity index (χ1v) is 15.6. The van der Waals surface area contributed by atoms with E-state index in [0.717, 1.165) is 35.6 Å². The van der Waals surface area contributed by atoms with E-state index in [2.05, 4.69) is 5.32 Å². The largest absolute Gasteiger partial charge is 0.497 e. The fraction of sp³-hybridized carbons (Fsp3) is 0.333. The highest BCUT2D eigenvalue weighted by Crippen LogP contribution is 2.35. The minimum atomic E-state index is -4.24. The molecule has 1 atom stereocenters. The SMILES string of the molecule is COc1ccc(CN(C(=O)CN(c2cccc(Cl)c2Cl)S(=O)(=O)c2ccccc2)C(C)C(=O)NC2CCCC2)cc1. The Morgan fingerprint density at radius 1 is 0.976 bits per heavy atom. The molecule has 4 rings (SSSR count). The maximum atomic E-state index is 14.1. The number of hydrogen-bond acceptors (Lipinski definition) is 5. The molecule has 0 saturated heterocycles. The summed E-state index contributed by atoms with van der Waals surface area (Å²) >= 11 is 12.7. The van der Waals surface area contributed by atoms with Gasteiger partial charge >= 0.3 is 0 Å². The van der Waals surface area contributed by atoms with E-state index < -0.39 is 28.5 Å². The first-order chi connectivity index (χ1) is 19.6. The van der Waals surface area contributed by atoms with Gasteiger partial charge in [0, 0.05) is 12.6 Å². The molecule has 1 saturated carbocycles. The number of benzene rings is 3. The molecule has 1 N–H and O–H groups in total. The van der Waals surface area contributed by atoms with Gasteiger partial charge in [-0.1, -0.05) is 72.4 Å². The van der Waals surface area contributed by atoms with E-state index in [9.17, 15) is 18.0 Å². The molecule has 41 heavy (non-hydrogen) atoms. The van der Waals surface area contributed by atoms with Crippen molar-refractivity contribution in [3.63, 3.8) is 0 Å². The van der Waals surface area contributed by atoms with Crippen LogP contribution in [-0.4, -0.2) is 50.9 Å². The molecule has 1 fully saturated rings. The zero-order chi connectivity index (χ0) is 29.6. The van der Waals surface area contributed by atoms with Gasteiger partial charge in [0.1, 0.15) is 18.3 Å². The van der Waals surface area contributed by atoms with Crippen LogP contribution in [-0.2, 0) is 26.2 Å². The summed E-state index contributed by atoms with van der Waals surface area (Å²) in [5, 5.41) is 3.19. The Labute approximate surface area is 251 Å². The maximum absolute atomic E-state index is 14.1. The van der Waals surface area contributed by atoms with Crippen molar-refractivity contribution < 1.29 is 22.7 Å². The monoisotopic (exact) mass is 617 g/mol. The van der Waals surface area contributed by atoms with Gasteiger partial charge in [-0.15, -0.1) is 0 Å². The molecule has 1 aliphatic carbocycles. The van der Waals surface area contributed by atoms with Crippen molar-refractivity contribution in [2.45, 2.75) is 56.1 Å². The lowest BCUT2D eigenvalue weighted by Gasteiger charge is -2.32. The molecular formula is C30H33Cl2N3O5S. The molecule has 0 bridgehead atoms. The van der Waals surface area contributed by atoms with Gasteiger partial charge in [-0.3, -0.25) is 13.9 Å². The summed E-state index contributed by atoms with van der Waals surface area (Å²) in [4.78, 5) is 28.7. The average Bonchev–Trinajstić information content (AvgIpc) is 3.49. The first kappa shape index (κ1) is 30.7. The molecule has 218 valence electrons. The molecule has 3 aromatic carbocycles. The second kappa shape index (κ2) is 13.6. The van der Waals surface area contributed by atoms with E-state index >= 15 is 0 Å². The van der Waals surface area contributed by atoms with Gasteiger partial charge in [-0.2, -0.15) is 0 Å². The molecule has 11 heteroatoms. The third kappa shape index (κ3) is 7.33. The number of anilines is 1. The van der Waals surface area contributed by atoms with Gasteiger partial charge in [0.2, 0.25) is 11.8 Å². The fourth-order valence-corrected chi connectivity index (χ4v) is 6.71. The number of nitrogens with one attached hydrogen (secondary N) is 1. The molecular weight excluding hydrogens is 585 g/mol. The van der Waals surface area contributed by atoms with Crippen molar-refractivity contribution in [1.82, 2.24) is 10.2 Å². The number of hydrogen-bond donors (Lipinski definition) is 1. The number of carbonyl (C=O) groups excluding carboxylic acids is 2. The highest BCUT2D eigenvalue weighted by Gasteiger charge is 2.34. The highest BCUT2D eigenvalue weighted by atomic mass is 35.5. The Morgan fingerprint density at radius 2 is 1.63 bits per heavy atom. The molecule has 1 aliphatic rings. The summed E-state index contributed by atoms with van der Waals surface area (Å²) in [6, 6.07) is 18.7. The van der Waals surface area contributed by atoms with Crippen LogP contribution in [0.5, 0.6) is 5.75 Å². The second-order valence-electron chi connectivity index (χ2n) is 9.93. The lowest BCUT2D eigenvalue weighted by atomic mass is 10.1. The van der Waals surface area contributed by atoms with Crippen LogP contribution in [0.15, 0.2) is 77.7 Å². The molecule has 0 radical (unpaired) electrons. The van der Waals surface area contributed by atoms with Crippen molar-refractivity contribution in [1.29, 1.82) is 0 Å². The standard InChI is InChI=1S/C30H33Cl2N3O5S/c1-21(30(37)33-23-9-6-7-10-23)34(19-22-15-17-24(40-2)18-16-22)28(36)20-35(27-14-8-13-26(31)29(27)32)41(38,39)25-11-4-3-5-12-25/h3-5,8,11-18,21,23H,6-7,9-10,19-20H2,1-2H3,(H,33,37). The summed E-state index contributed by atoms with van der Waals surface area (Å²) < 4.78 is 33.9. The number of nitrogens with zero attached hydrogens (tertiary/aromatic N) is 2. The number of amides is 2. The van der Waals surface area contributed by atoms with Crippen molar-refractivity contribution in [2.75, 3.05) is 18.0 Å². The van der Waals surface area contributed by atoms with Crippen molar-refractivity contribution >= 4 is 50.7 Å². The topological polar surface area (TPSA) is 96.0 Å². The second-order valence-corrected chi connectivity index (χ2v) is 12.6. The smallest absolute Gasteiger partial charge is 0.264 e. The van der Waals surface area contributed by atoms with Crippen LogP contribution in [0.3, 0.4) is 0 Å². The van der Waals surface area contributed by atoms with E-state index in [-0.39, 0.29) is 39.1 Å². The van der Waals surface area contributed by atoms with Crippen LogP contribution in [0.2, 0.25) is 10.0 Å². The van der Waals surface area contributed by atoms with Gasteiger partial charge in [0.05, 0.1) is 27.7 Å². The van der Waals surface area contributed by atoms with Gasteiger partial charge in [-0.25, -0.2) is 8.42 Å². The van der Waals surface area contributed by atoms with Crippen molar-refractivity contribution in [3.8, 4) is 5.75 Å². The third-order valence-electron chi connectivity index (χ3n) is 7.19. The zero-order valence-electron chi connectivity index (χ0n) is 22.9. The van der Waals surface area contributed by atoms with Crippen molar-refractivity contribution in [2.24, 2.45) is 0 Å². The molecule has 1 unspecified atom stereocenters. The molecule has 3 aromatic rings. The Morgan fingerprint density at radius 3 is 2.27 bits per heavy atom. The molecule has 0 aromatic heterocycles. The lowest BCUT2D eigenvalue weighted by Crippen LogP contribution is -2.52. The number of carbonyl (C=O) groups is 2. The van der Waals surface area contributed by atoms with Gasteiger partial charge in [-0.05, 0) is 61.7 Å². The minimum absolute atomic E-state index is 0.00444. The third-order valence-corrected chi connectivity index (χ3v) is 9.77. The summed E-state index contributed by atoms with van der Waals surface area (Å²) in [5.74, 6) is -0.225. The predicted octanol–water partition coefficient (Wildman–Crippen LogP) is 5.67. The van der Waals surface area contributed by atoms with Crippen LogP contribution >= 0.6 is 23.2 Å². The van der Waals surface area contributed by atoms with E-state index in [1.807, 2.05) is 0 Å². The van der Waals surface area contributed by atoms with Crippen LogP contribution in [0.4, 0.5) is 5.69 Å². The van der Waals surface area contributed by atoms with E-state index in [4.69, 9.17) is 27.9 Å². The van der Waals surface area contributed by atoms with Gasteiger partial charge < -0.3 is 15.0 Å². The fourth-order valence-electron chi connectivity index (χ4n) is 4.82. The average molecular weight is 619 g/mol. The summed E-state index contributed by atoms with van der Waals surface area (Å²) in [7, 11) is -2.68. The molecule has 2 amide bonds. The Bertz CT molecular complexity index is 1460. The van der Waals surface area contributed by atoms with Gasteiger partial charge in [0.15, 0.2) is 0 Å². The number of methoxy groups -OCH3 is 1. The maximum Gasteiger partial charge on any atom is 0.264 e. The van der Waals surface area contributed by atoms with Crippen molar-refractivity contribution in [3.05, 3.63) is 88.4 Å². The van der Waals surface area contributed by atoms with E-state index in [0.29, 0.717) is 5.75 Å². The van der Waals surface area contributed by atoms with Crippen LogP contribution in [0.1, 0.15) is 38.2 Å². The van der Waals surface area contributed by atoms with Crippen LogP contribution in [0.25, 0.3) is 0 Å². The number of halogens is 2. The summed E-state index contributed by atoms with van der Waals surface area (Å²) in [5.41, 5.74) is 0.807. The predicted molar refractivity (Wildman–Crippen MR) is 161 cm³/mol. The number of ether oxygens (including phenoxy) is 1. The normalized spacial score (nSPS) is 14.3.